The molecule has 1 amide bonds. The number of rotatable bonds is 5. The van der Waals surface area contributed by atoms with Gasteiger partial charge in [-0.05, 0) is 43.2 Å². The molecule has 28 heavy (non-hydrogen) atoms. The van der Waals surface area contributed by atoms with Gasteiger partial charge in [-0.25, -0.2) is 13.4 Å². The monoisotopic (exact) mass is 417 g/mol. The van der Waals surface area contributed by atoms with E-state index in [1.807, 2.05) is 12.1 Å². The van der Waals surface area contributed by atoms with Crippen molar-refractivity contribution < 1.29 is 17.9 Å². The highest BCUT2D eigenvalue weighted by Crippen LogP contribution is 2.31. The number of aromatic nitrogens is 1. The fourth-order valence-electron chi connectivity index (χ4n) is 3.29. The van der Waals surface area contributed by atoms with E-state index in [2.05, 4.69) is 10.3 Å². The highest BCUT2D eigenvalue weighted by molar-refractivity contribution is 7.89. The molecule has 0 unspecified atom stereocenters. The Labute approximate surface area is 167 Å². The number of methoxy groups -OCH3 is 1. The van der Waals surface area contributed by atoms with Crippen molar-refractivity contribution >= 4 is 42.6 Å². The number of carbonyl (C=O) groups is 1. The lowest BCUT2D eigenvalue weighted by molar-refractivity contribution is -0.119. The van der Waals surface area contributed by atoms with Gasteiger partial charge >= 0.3 is 0 Å². The Morgan fingerprint density at radius 3 is 2.79 bits per heavy atom. The molecule has 0 bridgehead atoms. The summed E-state index contributed by atoms with van der Waals surface area (Å²) in [7, 11) is -2.13. The van der Waals surface area contributed by atoms with Crippen molar-refractivity contribution in [1.82, 2.24) is 9.29 Å². The van der Waals surface area contributed by atoms with Gasteiger partial charge in [-0.2, -0.15) is 4.31 Å². The maximum atomic E-state index is 12.9. The molecule has 3 aromatic rings. The number of thiazole rings is 1. The van der Waals surface area contributed by atoms with Crippen LogP contribution in [0.2, 0.25) is 0 Å². The number of nitrogens with zero attached hydrogens (tertiary/aromatic N) is 2. The molecular weight excluding hydrogens is 398 g/mol. The van der Waals surface area contributed by atoms with E-state index in [4.69, 9.17) is 4.74 Å². The van der Waals surface area contributed by atoms with Gasteiger partial charge in [0.2, 0.25) is 15.9 Å². The molecular formula is C19H19N3O4S2. The number of ether oxygens (including phenoxy) is 1. The van der Waals surface area contributed by atoms with E-state index in [0.717, 1.165) is 10.2 Å². The molecule has 1 aliphatic rings. The van der Waals surface area contributed by atoms with Gasteiger partial charge in [-0.3, -0.25) is 4.79 Å². The summed E-state index contributed by atoms with van der Waals surface area (Å²) in [6.45, 7) is 0.326. The Morgan fingerprint density at radius 1 is 1.25 bits per heavy atom. The third-order valence-electron chi connectivity index (χ3n) is 4.68. The Morgan fingerprint density at radius 2 is 2.04 bits per heavy atom. The molecule has 1 N–H and O–H groups in total. The molecule has 0 aliphatic carbocycles. The Hall–Kier alpha value is -2.49. The number of sulfonamides is 1. The molecule has 1 aliphatic heterocycles. The summed E-state index contributed by atoms with van der Waals surface area (Å²) in [5.41, 5.74) is 0.751. The maximum absolute atomic E-state index is 12.9. The van der Waals surface area contributed by atoms with E-state index in [9.17, 15) is 13.2 Å². The van der Waals surface area contributed by atoms with Crippen molar-refractivity contribution in [3.05, 3.63) is 48.5 Å². The van der Waals surface area contributed by atoms with E-state index in [1.165, 1.54) is 15.6 Å². The van der Waals surface area contributed by atoms with Crippen molar-refractivity contribution in [3.63, 3.8) is 0 Å². The minimum absolute atomic E-state index is 0.196. The van der Waals surface area contributed by atoms with Crippen molar-refractivity contribution in [2.45, 2.75) is 23.8 Å². The van der Waals surface area contributed by atoms with E-state index < -0.39 is 16.1 Å². The molecule has 1 atom stereocenters. The van der Waals surface area contributed by atoms with Crippen molar-refractivity contribution in [2.75, 3.05) is 19.0 Å². The number of hydrogen-bond acceptors (Lipinski definition) is 6. The van der Waals surface area contributed by atoms with Gasteiger partial charge in [0.15, 0.2) is 5.13 Å². The molecule has 1 aromatic heterocycles. The highest BCUT2D eigenvalue weighted by Gasteiger charge is 2.39. The molecule has 0 radical (unpaired) electrons. The molecule has 4 rings (SSSR count). The lowest BCUT2D eigenvalue weighted by Gasteiger charge is -2.22. The zero-order valence-electron chi connectivity index (χ0n) is 15.2. The number of benzene rings is 2. The van der Waals surface area contributed by atoms with Gasteiger partial charge in [0.1, 0.15) is 11.8 Å². The number of amides is 1. The summed E-state index contributed by atoms with van der Waals surface area (Å²) in [4.78, 5) is 17.4. The van der Waals surface area contributed by atoms with Crippen LogP contribution in [0.3, 0.4) is 0 Å². The van der Waals surface area contributed by atoms with Gasteiger partial charge in [0, 0.05) is 6.54 Å². The summed E-state index contributed by atoms with van der Waals surface area (Å²) in [5, 5.41) is 3.23. The van der Waals surface area contributed by atoms with Gasteiger partial charge in [0.05, 0.1) is 22.2 Å². The van der Waals surface area contributed by atoms with Gasteiger partial charge in [0.25, 0.3) is 0 Å². The number of fused-ring (bicyclic) bond motifs is 1. The van der Waals surface area contributed by atoms with Crippen LogP contribution in [-0.4, -0.2) is 43.3 Å². The number of anilines is 1. The molecule has 1 fully saturated rings. The molecule has 9 heteroatoms. The summed E-state index contributed by atoms with van der Waals surface area (Å²) in [6.07, 6.45) is 1.12. The second-order valence-electron chi connectivity index (χ2n) is 6.43. The van der Waals surface area contributed by atoms with Crippen LogP contribution in [0.1, 0.15) is 12.8 Å². The summed E-state index contributed by atoms with van der Waals surface area (Å²) < 4.78 is 33.2. The van der Waals surface area contributed by atoms with Crippen LogP contribution in [0, 0.1) is 0 Å². The lowest BCUT2D eigenvalue weighted by atomic mass is 10.2. The second-order valence-corrected chi connectivity index (χ2v) is 9.35. The third kappa shape index (κ3) is 3.48. The minimum atomic E-state index is -3.72. The molecule has 0 spiro atoms. The van der Waals surface area contributed by atoms with Gasteiger partial charge in [-0.1, -0.05) is 29.5 Å². The highest BCUT2D eigenvalue weighted by atomic mass is 32.2. The lowest BCUT2D eigenvalue weighted by Crippen LogP contribution is -2.43. The molecule has 2 aromatic carbocycles. The van der Waals surface area contributed by atoms with Crippen LogP contribution >= 0.6 is 11.3 Å². The first kappa shape index (κ1) is 18.9. The van der Waals surface area contributed by atoms with Crippen molar-refractivity contribution in [3.8, 4) is 5.75 Å². The first-order valence-corrected chi connectivity index (χ1v) is 11.1. The Bertz CT molecular complexity index is 1110. The summed E-state index contributed by atoms with van der Waals surface area (Å²) >= 11 is 1.33. The van der Waals surface area contributed by atoms with Crippen LogP contribution in [0.4, 0.5) is 5.13 Å². The number of hydrogen-bond donors (Lipinski definition) is 1. The van der Waals surface area contributed by atoms with Crippen LogP contribution in [0.25, 0.3) is 10.2 Å². The Balaban J connectivity index is 1.56. The third-order valence-corrected chi connectivity index (χ3v) is 7.54. The Kier molecular flexibility index (Phi) is 5.05. The largest absolute Gasteiger partial charge is 0.497 e. The molecule has 2 heterocycles. The molecule has 7 nitrogen and oxygen atoms in total. The SMILES string of the molecule is COc1ccc2nc(NC(=O)[C@H]3CCCN3S(=O)(=O)c3ccccc3)sc2c1. The second kappa shape index (κ2) is 7.50. The van der Waals surface area contributed by atoms with E-state index in [1.54, 1.807) is 43.5 Å². The van der Waals surface area contributed by atoms with Crippen LogP contribution < -0.4 is 10.1 Å². The van der Waals surface area contributed by atoms with Gasteiger partial charge in [-0.15, -0.1) is 0 Å². The van der Waals surface area contributed by atoms with Crippen molar-refractivity contribution in [2.24, 2.45) is 0 Å². The predicted octanol–water partition coefficient (Wildman–Crippen LogP) is 3.10. The van der Waals surface area contributed by atoms with E-state index in [-0.39, 0.29) is 10.8 Å². The van der Waals surface area contributed by atoms with Crippen LogP contribution in [0.15, 0.2) is 53.4 Å². The first-order valence-electron chi connectivity index (χ1n) is 8.81. The minimum Gasteiger partial charge on any atom is -0.497 e. The fraction of sp³-hybridized carbons (Fsp3) is 0.263. The fourth-order valence-corrected chi connectivity index (χ4v) is 5.87. The first-order chi connectivity index (χ1) is 13.5. The van der Waals surface area contributed by atoms with Crippen LogP contribution in [0.5, 0.6) is 5.75 Å². The van der Waals surface area contributed by atoms with E-state index in [0.29, 0.717) is 30.3 Å². The quantitative estimate of drug-likeness (QED) is 0.689. The van der Waals surface area contributed by atoms with Crippen molar-refractivity contribution in [1.29, 1.82) is 0 Å². The average molecular weight is 418 g/mol. The predicted molar refractivity (Wildman–Crippen MR) is 108 cm³/mol. The van der Waals surface area contributed by atoms with Crippen LogP contribution in [-0.2, 0) is 14.8 Å². The normalized spacial score (nSPS) is 17.7. The molecule has 1 saturated heterocycles. The number of nitrogens with one attached hydrogen (secondary N) is 1. The standard InChI is InChI=1S/C19H19N3O4S2/c1-26-13-9-10-15-17(12-13)27-19(20-15)21-18(23)16-8-5-11-22(16)28(24,25)14-6-3-2-4-7-14/h2-4,6-7,9-10,12,16H,5,8,11H2,1H3,(H,20,21,23)/t16-/m1/s1. The smallest absolute Gasteiger partial charge is 0.244 e. The topological polar surface area (TPSA) is 88.6 Å². The van der Waals surface area contributed by atoms with Gasteiger partial charge < -0.3 is 10.1 Å². The zero-order valence-corrected chi connectivity index (χ0v) is 16.8. The maximum Gasteiger partial charge on any atom is 0.244 e. The zero-order chi connectivity index (χ0) is 19.7. The number of carbonyl (C=O) groups excluding carboxylic acids is 1. The molecule has 0 saturated carbocycles. The average Bonchev–Trinajstić information content (AvgIpc) is 3.35. The summed E-state index contributed by atoms with van der Waals surface area (Å²) in [6, 6.07) is 12.9. The summed E-state index contributed by atoms with van der Waals surface area (Å²) in [5.74, 6) is 0.355. The van der Waals surface area contributed by atoms with E-state index >= 15 is 0 Å². The molecule has 146 valence electrons.